The molecule has 5 heteroatoms. The number of nitrogens with zero attached hydrogens (tertiary/aromatic N) is 1. The fraction of sp³-hybridized carbons (Fsp3) is 0.176. The van der Waals surface area contributed by atoms with Crippen LogP contribution < -0.4 is 11.1 Å². The lowest BCUT2D eigenvalue weighted by atomic mass is 9.84. The second-order valence-electron chi connectivity index (χ2n) is 5.48. The Hall–Kier alpha value is -2.69. The van der Waals surface area contributed by atoms with Crippen molar-refractivity contribution in [2.45, 2.75) is 18.9 Å². The second kappa shape index (κ2) is 5.26. The van der Waals surface area contributed by atoms with E-state index in [2.05, 4.69) is 10.3 Å². The van der Waals surface area contributed by atoms with Crippen molar-refractivity contribution in [1.29, 1.82) is 0 Å². The van der Waals surface area contributed by atoms with Gasteiger partial charge < -0.3 is 5.73 Å². The van der Waals surface area contributed by atoms with Gasteiger partial charge in [-0.1, -0.05) is 42.0 Å². The van der Waals surface area contributed by atoms with Crippen molar-refractivity contribution in [3.05, 3.63) is 71.0 Å². The number of aryl methyl sites for hydroxylation is 1. The molecule has 1 heterocycles. The molecule has 3 rings (SSSR count). The summed E-state index contributed by atoms with van der Waals surface area (Å²) in [5, 5.41) is 2.57. The number of benzene rings is 2. The fourth-order valence-electron chi connectivity index (χ4n) is 2.65. The van der Waals surface area contributed by atoms with Crippen molar-refractivity contribution in [2.24, 2.45) is 10.7 Å². The monoisotopic (exact) mass is 297 g/mol. The predicted molar refractivity (Wildman–Crippen MR) is 82.7 cm³/mol. The van der Waals surface area contributed by atoms with Crippen LogP contribution in [0, 0.1) is 12.7 Å². The van der Waals surface area contributed by atoms with Gasteiger partial charge in [-0.2, -0.15) is 0 Å². The van der Waals surface area contributed by atoms with Gasteiger partial charge in [-0.15, -0.1) is 0 Å². The number of guanidine groups is 1. The van der Waals surface area contributed by atoms with Crippen molar-refractivity contribution in [3.63, 3.8) is 0 Å². The summed E-state index contributed by atoms with van der Waals surface area (Å²) in [5.74, 6) is -0.474. The fourth-order valence-corrected chi connectivity index (χ4v) is 2.65. The Morgan fingerprint density at radius 2 is 1.77 bits per heavy atom. The first-order valence-electron chi connectivity index (χ1n) is 6.98. The molecule has 1 aliphatic rings. The highest BCUT2D eigenvalue weighted by atomic mass is 19.1. The summed E-state index contributed by atoms with van der Waals surface area (Å²) in [7, 11) is 0. The average Bonchev–Trinajstić information content (AvgIpc) is 2.77. The predicted octanol–water partition coefficient (Wildman–Crippen LogP) is 2.02. The van der Waals surface area contributed by atoms with Crippen LogP contribution in [0.25, 0.3) is 0 Å². The standard InChI is InChI=1S/C17H16FN3O/c1-11-2-6-13(7-3-11)17(15(22)20-16(19)21-17)10-12-4-8-14(18)9-5-12/h2-9H,10H2,1H3,(H3,19,20,21,22)/t17-/m0/s1. The molecule has 1 aliphatic heterocycles. The highest BCUT2D eigenvalue weighted by Crippen LogP contribution is 2.33. The lowest BCUT2D eigenvalue weighted by molar-refractivity contribution is -0.124. The normalized spacial score (nSPS) is 20.6. The van der Waals surface area contributed by atoms with Crippen molar-refractivity contribution >= 4 is 11.9 Å². The number of carbonyl (C=O) groups is 1. The van der Waals surface area contributed by atoms with Crippen LogP contribution in [-0.2, 0) is 16.8 Å². The van der Waals surface area contributed by atoms with Gasteiger partial charge in [0.1, 0.15) is 5.82 Å². The number of carbonyl (C=O) groups excluding carboxylic acids is 1. The summed E-state index contributed by atoms with van der Waals surface area (Å²) in [4.78, 5) is 16.8. The van der Waals surface area contributed by atoms with Gasteiger partial charge in [-0.3, -0.25) is 10.1 Å². The molecule has 0 saturated heterocycles. The molecule has 0 aromatic heterocycles. The quantitative estimate of drug-likeness (QED) is 0.910. The van der Waals surface area contributed by atoms with E-state index in [0.29, 0.717) is 6.42 Å². The molecular formula is C17H16FN3O. The van der Waals surface area contributed by atoms with E-state index in [1.807, 2.05) is 31.2 Å². The Morgan fingerprint density at radius 1 is 1.14 bits per heavy atom. The van der Waals surface area contributed by atoms with Crippen LogP contribution in [-0.4, -0.2) is 11.9 Å². The number of nitrogens with one attached hydrogen (secondary N) is 1. The lowest BCUT2D eigenvalue weighted by Crippen LogP contribution is -2.40. The lowest BCUT2D eigenvalue weighted by Gasteiger charge is -2.24. The van der Waals surface area contributed by atoms with Crippen molar-refractivity contribution in [3.8, 4) is 0 Å². The van der Waals surface area contributed by atoms with Gasteiger partial charge in [0.15, 0.2) is 11.5 Å². The van der Waals surface area contributed by atoms with Gasteiger partial charge in [-0.05, 0) is 30.2 Å². The number of hydrogen-bond donors (Lipinski definition) is 2. The Balaban J connectivity index is 2.06. The molecule has 3 N–H and O–H groups in total. The molecule has 2 aromatic carbocycles. The first-order valence-corrected chi connectivity index (χ1v) is 6.98. The molecule has 0 bridgehead atoms. The van der Waals surface area contributed by atoms with Gasteiger partial charge in [0.2, 0.25) is 0 Å². The molecule has 0 unspecified atom stereocenters. The summed E-state index contributed by atoms with van der Waals surface area (Å²) in [6.45, 7) is 1.97. The van der Waals surface area contributed by atoms with Crippen molar-refractivity contribution in [2.75, 3.05) is 0 Å². The van der Waals surface area contributed by atoms with Crippen molar-refractivity contribution < 1.29 is 9.18 Å². The highest BCUT2D eigenvalue weighted by molar-refractivity contribution is 6.07. The number of nitrogens with two attached hydrogens (primary N) is 1. The van der Waals surface area contributed by atoms with E-state index < -0.39 is 5.54 Å². The molecule has 112 valence electrons. The maximum atomic E-state index is 13.1. The minimum absolute atomic E-state index is 0.104. The van der Waals surface area contributed by atoms with Crippen molar-refractivity contribution in [1.82, 2.24) is 5.32 Å². The van der Waals surface area contributed by atoms with Crippen LogP contribution in [0.2, 0.25) is 0 Å². The van der Waals surface area contributed by atoms with Gasteiger partial charge in [0.25, 0.3) is 5.91 Å². The number of rotatable bonds is 3. The van der Waals surface area contributed by atoms with E-state index in [4.69, 9.17) is 5.73 Å². The smallest absolute Gasteiger partial charge is 0.259 e. The van der Waals surface area contributed by atoms with Crippen LogP contribution in [0.1, 0.15) is 16.7 Å². The summed E-state index contributed by atoms with van der Waals surface area (Å²) >= 11 is 0. The van der Waals surface area contributed by atoms with E-state index in [0.717, 1.165) is 16.7 Å². The Labute approximate surface area is 127 Å². The zero-order chi connectivity index (χ0) is 15.7. The zero-order valence-electron chi connectivity index (χ0n) is 12.1. The SMILES string of the molecule is Cc1ccc([C@]2(Cc3ccc(F)cc3)N=C(N)NC2=O)cc1. The van der Waals surface area contributed by atoms with Gasteiger partial charge in [0.05, 0.1) is 0 Å². The third kappa shape index (κ3) is 2.45. The van der Waals surface area contributed by atoms with Gasteiger partial charge >= 0.3 is 0 Å². The second-order valence-corrected chi connectivity index (χ2v) is 5.48. The minimum Gasteiger partial charge on any atom is -0.370 e. The van der Waals surface area contributed by atoms with Crippen LogP contribution in [0.5, 0.6) is 0 Å². The minimum atomic E-state index is -1.10. The Kier molecular flexibility index (Phi) is 3.41. The average molecular weight is 297 g/mol. The number of hydrogen-bond acceptors (Lipinski definition) is 3. The molecule has 0 spiro atoms. The highest BCUT2D eigenvalue weighted by Gasteiger charge is 2.44. The van der Waals surface area contributed by atoms with Crippen LogP contribution in [0.4, 0.5) is 4.39 Å². The first kappa shape index (κ1) is 14.3. The summed E-state index contributed by atoms with van der Waals surface area (Å²) < 4.78 is 13.1. The molecule has 4 nitrogen and oxygen atoms in total. The van der Waals surface area contributed by atoms with Crippen LogP contribution in [0.3, 0.4) is 0 Å². The van der Waals surface area contributed by atoms with Crippen LogP contribution >= 0.6 is 0 Å². The molecule has 0 saturated carbocycles. The molecule has 0 fully saturated rings. The van der Waals surface area contributed by atoms with E-state index in [-0.39, 0.29) is 17.7 Å². The van der Waals surface area contributed by atoms with E-state index in [1.165, 1.54) is 12.1 Å². The Morgan fingerprint density at radius 3 is 2.32 bits per heavy atom. The molecule has 1 atom stereocenters. The molecule has 0 radical (unpaired) electrons. The van der Waals surface area contributed by atoms with Gasteiger partial charge in [-0.25, -0.2) is 9.38 Å². The summed E-state index contributed by atoms with van der Waals surface area (Å²) in [6, 6.07) is 13.7. The number of amides is 1. The maximum absolute atomic E-state index is 13.1. The largest absolute Gasteiger partial charge is 0.370 e. The maximum Gasteiger partial charge on any atom is 0.259 e. The number of aliphatic imine (C=N–C) groups is 1. The third-order valence-electron chi connectivity index (χ3n) is 3.83. The molecule has 0 aliphatic carbocycles. The molecular weight excluding hydrogens is 281 g/mol. The summed E-state index contributed by atoms with van der Waals surface area (Å²) in [6.07, 6.45) is 0.322. The van der Waals surface area contributed by atoms with E-state index >= 15 is 0 Å². The molecule has 2 aromatic rings. The van der Waals surface area contributed by atoms with Crippen LogP contribution in [0.15, 0.2) is 53.5 Å². The molecule has 22 heavy (non-hydrogen) atoms. The van der Waals surface area contributed by atoms with E-state index in [1.54, 1.807) is 12.1 Å². The first-order chi connectivity index (χ1) is 10.5. The topological polar surface area (TPSA) is 67.5 Å². The molecule has 1 amide bonds. The third-order valence-corrected chi connectivity index (χ3v) is 3.83. The number of halogens is 1. The van der Waals surface area contributed by atoms with Gasteiger partial charge in [0, 0.05) is 6.42 Å². The van der Waals surface area contributed by atoms with E-state index in [9.17, 15) is 9.18 Å². The summed E-state index contributed by atoms with van der Waals surface area (Å²) in [5.41, 5.74) is 7.28. The zero-order valence-corrected chi connectivity index (χ0v) is 12.1. The Bertz CT molecular complexity index is 738.